The average Bonchev–Trinajstić information content (AvgIpc) is 2.63. The molecule has 0 aromatic heterocycles. The van der Waals surface area contributed by atoms with Crippen LogP contribution in [0.15, 0.2) is 80.3 Å². The maximum Gasteiger partial charge on any atom is 0.120 e. The Morgan fingerprint density at radius 1 is 0.962 bits per heavy atom. The minimum absolute atomic E-state index is 0.00938. The molecule has 0 aliphatic carbocycles. The van der Waals surface area contributed by atoms with Gasteiger partial charge < -0.3 is 22.5 Å². The molecule has 0 heterocycles. The summed E-state index contributed by atoms with van der Waals surface area (Å²) in [4.78, 5) is 1.33. The van der Waals surface area contributed by atoms with E-state index in [4.69, 9.17) is 17.2 Å². The first-order valence-corrected chi connectivity index (χ1v) is 8.61. The molecule has 2 aromatic rings. The highest BCUT2D eigenvalue weighted by Gasteiger charge is 2.16. The van der Waals surface area contributed by atoms with Crippen LogP contribution in [0.1, 0.15) is 0 Å². The first-order valence-electron chi connectivity index (χ1n) is 7.35. The summed E-state index contributed by atoms with van der Waals surface area (Å²) < 4.78 is 0. The van der Waals surface area contributed by atoms with Crippen LogP contribution in [0.5, 0.6) is 0 Å². The Kier molecular flexibility index (Phi) is 6.45. The van der Waals surface area contributed by atoms with Crippen LogP contribution in [0.25, 0.3) is 0 Å². The maximum absolute atomic E-state index is 9.50. The highest BCUT2D eigenvalue weighted by atomic mass is 32.2. The van der Waals surface area contributed by atoms with Gasteiger partial charge in [0.2, 0.25) is 0 Å². The van der Waals surface area contributed by atoms with Crippen LogP contribution in [-0.2, 0) is 0 Å². The lowest BCUT2D eigenvalue weighted by molar-refractivity contribution is 1.22. The highest BCUT2D eigenvalue weighted by Crippen LogP contribution is 2.32. The van der Waals surface area contributed by atoms with Gasteiger partial charge in [-0.05, 0) is 24.3 Å². The molecule has 0 atom stereocenters. The van der Waals surface area contributed by atoms with E-state index in [2.05, 4.69) is 17.9 Å². The Morgan fingerprint density at radius 3 is 2.19 bits per heavy atom. The van der Waals surface area contributed by atoms with Crippen LogP contribution in [0.4, 0.5) is 11.4 Å². The third-order valence-corrected chi connectivity index (χ3v) is 4.71. The van der Waals surface area contributed by atoms with Gasteiger partial charge in [-0.1, -0.05) is 36.0 Å². The number of nitriles is 2. The van der Waals surface area contributed by atoms with Gasteiger partial charge in [0, 0.05) is 15.5 Å². The normalized spacial score (nSPS) is 12.3. The minimum Gasteiger partial charge on any atom is -0.398 e. The van der Waals surface area contributed by atoms with Crippen molar-refractivity contribution in [3.63, 3.8) is 0 Å². The van der Waals surface area contributed by atoms with Crippen LogP contribution in [0.2, 0.25) is 0 Å². The Labute approximate surface area is 161 Å². The van der Waals surface area contributed by atoms with Gasteiger partial charge in [0.15, 0.2) is 0 Å². The molecule has 0 amide bonds. The summed E-state index contributed by atoms with van der Waals surface area (Å²) in [5, 5.41) is 22.0. The summed E-state index contributed by atoms with van der Waals surface area (Å²) in [7, 11) is 0. The fourth-order valence-electron chi connectivity index (χ4n) is 2.01. The number of hydrogen-bond acceptors (Lipinski definition) is 8. The summed E-state index contributed by atoms with van der Waals surface area (Å²) in [6.45, 7) is 0. The Balaban J connectivity index is 2.42. The lowest BCUT2D eigenvalue weighted by atomic mass is 10.1. The maximum atomic E-state index is 9.50. The van der Waals surface area contributed by atoms with Gasteiger partial charge in [0.25, 0.3) is 0 Å². The van der Waals surface area contributed by atoms with Crippen LogP contribution < -0.4 is 22.5 Å². The summed E-state index contributed by atoms with van der Waals surface area (Å²) in [6, 6.07) is 18.1. The zero-order chi connectivity index (χ0) is 19.1. The van der Waals surface area contributed by atoms with E-state index in [0.29, 0.717) is 21.2 Å². The van der Waals surface area contributed by atoms with E-state index < -0.39 is 0 Å². The van der Waals surface area contributed by atoms with Crippen molar-refractivity contribution in [2.75, 3.05) is 11.1 Å². The molecule has 0 fully saturated rings. The number of thiol groups is 1. The van der Waals surface area contributed by atoms with Gasteiger partial charge in [0.05, 0.1) is 10.7 Å². The van der Waals surface area contributed by atoms with E-state index >= 15 is 0 Å². The van der Waals surface area contributed by atoms with Crippen molar-refractivity contribution in [1.82, 2.24) is 0 Å². The molecular formula is C18H16N6S2. The predicted molar refractivity (Wildman–Crippen MR) is 108 cm³/mol. The van der Waals surface area contributed by atoms with E-state index in [1.807, 2.05) is 18.2 Å². The minimum atomic E-state index is -0.0522. The van der Waals surface area contributed by atoms with Crippen molar-refractivity contribution < 1.29 is 0 Å². The number of hydrogen-bond donors (Lipinski definition) is 5. The molecule has 130 valence electrons. The summed E-state index contributed by atoms with van der Waals surface area (Å²) in [5.74, 6) is 0.00938. The fraction of sp³-hybridized carbons (Fsp3) is 0. The van der Waals surface area contributed by atoms with E-state index in [1.54, 1.807) is 42.5 Å². The zero-order valence-electron chi connectivity index (χ0n) is 13.6. The standard InChI is InChI=1S/C18H16N6S2/c19-9-11(17(22)24-14-6-2-3-7-15(14)25)12(10-20)18(23)26-16-8-4-1-5-13(16)21/h1-8,24-25H,21-23H2/b17-11+,18-12+. The number of thioether (sulfide) groups is 1. The number of nitrogen functional groups attached to an aromatic ring is 1. The molecule has 6 nitrogen and oxygen atoms in total. The Morgan fingerprint density at radius 2 is 1.58 bits per heavy atom. The molecule has 2 aromatic carbocycles. The second kappa shape index (κ2) is 8.77. The molecule has 7 N–H and O–H groups in total. The van der Waals surface area contributed by atoms with Crippen molar-refractivity contribution in [1.29, 1.82) is 10.5 Å². The van der Waals surface area contributed by atoms with E-state index in [1.165, 1.54) is 0 Å². The second-order valence-electron chi connectivity index (χ2n) is 5.03. The number of benzene rings is 2. The van der Waals surface area contributed by atoms with Gasteiger partial charge in [-0.15, -0.1) is 12.6 Å². The number of nitrogens with two attached hydrogens (primary N) is 3. The topological polar surface area (TPSA) is 138 Å². The van der Waals surface area contributed by atoms with Gasteiger partial charge in [-0.2, -0.15) is 10.5 Å². The van der Waals surface area contributed by atoms with Gasteiger partial charge in [-0.25, -0.2) is 0 Å². The number of para-hydroxylation sites is 2. The van der Waals surface area contributed by atoms with Crippen LogP contribution in [0.3, 0.4) is 0 Å². The predicted octanol–water partition coefficient (Wildman–Crippen LogP) is 3.15. The van der Waals surface area contributed by atoms with Gasteiger partial charge in [0.1, 0.15) is 29.1 Å². The molecule has 2 rings (SSSR count). The van der Waals surface area contributed by atoms with Crippen molar-refractivity contribution in [2.24, 2.45) is 11.5 Å². The monoisotopic (exact) mass is 380 g/mol. The molecule has 0 saturated heterocycles. The average molecular weight is 381 g/mol. The van der Waals surface area contributed by atoms with Gasteiger partial charge >= 0.3 is 0 Å². The van der Waals surface area contributed by atoms with Crippen molar-refractivity contribution >= 4 is 35.8 Å². The van der Waals surface area contributed by atoms with E-state index in [-0.39, 0.29) is 22.0 Å². The molecule has 8 heteroatoms. The SMILES string of the molecule is N#CC(=C(/N)Nc1ccccc1S)/C(C#N)=C(\N)Sc1ccccc1N. The van der Waals surface area contributed by atoms with Crippen LogP contribution in [0, 0.1) is 22.7 Å². The molecule has 0 unspecified atom stereocenters. The Hall–Kier alpha value is -3.20. The van der Waals surface area contributed by atoms with Crippen molar-refractivity contribution in [2.45, 2.75) is 9.79 Å². The molecule has 0 saturated carbocycles. The molecule has 0 spiro atoms. The Bertz CT molecular complexity index is 887. The number of anilines is 2. The molecule has 0 radical (unpaired) electrons. The smallest absolute Gasteiger partial charge is 0.120 e. The number of allylic oxidation sites excluding steroid dienone is 2. The summed E-state index contributed by atoms with van der Waals surface area (Å²) in [6.07, 6.45) is 0. The quantitative estimate of drug-likeness (QED) is 0.177. The second-order valence-corrected chi connectivity index (χ2v) is 6.60. The lowest BCUT2D eigenvalue weighted by Crippen LogP contribution is -2.15. The third kappa shape index (κ3) is 4.45. The first kappa shape index (κ1) is 19.1. The number of nitrogens with zero attached hydrogens (tertiary/aromatic N) is 2. The molecule has 26 heavy (non-hydrogen) atoms. The first-order chi connectivity index (χ1) is 12.5. The van der Waals surface area contributed by atoms with E-state index in [9.17, 15) is 10.5 Å². The van der Waals surface area contributed by atoms with Crippen molar-refractivity contribution in [3.8, 4) is 12.1 Å². The highest BCUT2D eigenvalue weighted by molar-refractivity contribution is 8.03. The third-order valence-electron chi connectivity index (χ3n) is 3.30. The largest absolute Gasteiger partial charge is 0.398 e. The van der Waals surface area contributed by atoms with Crippen LogP contribution in [-0.4, -0.2) is 0 Å². The molecule has 0 bridgehead atoms. The van der Waals surface area contributed by atoms with Crippen LogP contribution >= 0.6 is 24.4 Å². The van der Waals surface area contributed by atoms with Crippen molar-refractivity contribution in [3.05, 3.63) is 70.5 Å². The molecular weight excluding hydrogens is 364 g/mol. The molecule has 0 aliphatic rings. The number of nitrogens with one attached hydrogen (secondary N) is 1. The van der Waals surface area contributed by atoms with E-state index in [0.717, 1.165) is 11.8 Å². The lowest BCUT2D eigenvalue weighted by Gasteiger charge is -2.12. The van der Waals surface area contributed by atoms with Gasteiger partial charge in [-0.3, -0.25) is 0 Å². The summed E-state index contributed by atoms with van der Waals surface area (Å²) in [5.41, 5.74) is 19.0. The number of rotatable bonds is 5. The zero-order valence-corrected chi connectivity index (χ0v) is 15.3. The molecule has 0 aliphatic heterocycles. The fourth-order valence-corrected chi connectivity index (χ4v) is 3.05. The summed E-state index contributed by atoms with van der Waals surface area (Å²) >= 11 is 5.42.